The van der Waals surface area contributed by atoms with E-state index >= 15 is 0 Å². The van der Waals surface area contributed by atoms with Crippen molar-refractivity contribution in [2.75, 3.05) is 20.7 Å². The lowest BCUT2D eigenvalue weighted by Crippen LogP contribution is -2.51. The molecule has 1 amide bonds. The zero-order valence-electron chi connectivity index (χ0n) is 11.8. The molecule has 0 radical (unpaired) electrons. The van der Waals surface area contributed by atoms with E-state index in [0.29, 0.717) is 6.54 Å². The Labute approximate surface area is 123 Å². The van der Waals surface area contributed by atoms with Crippen molar-refractivity contribution in [2.45, 2.75) is 25.8 Å². The quantitative estimate of drug-likeness (QED) is 0.840. The van der Waals surface area contributed by atoms with Crippen molar-refractivity contribution in [1.29, 1.82) is 0 Å². The van der Waals surface area contributed by atoms with Gasteiger partial charge in [0.1, 0.15) is 5.75 Å². The van der Waals surface area contributed by atoms with E-state index in [9.17, 15) is 4.79 Å². The van der Waals surface area contributed by atoms with E-state index in [-0.39, 0.29) is 5.91 Å². The Kier molecular flexibility index (Phi) is 5.82. The number of carbonyl (C=O) groups excluding carboxylic acids is 1. The molecule has 19 heavy (non-hydrogen) atoms. The lowest BCUT2D eigenvalue weighted by molar-refractivity contribution is -0.126. The highest BCUT2D eigenvalue weighted by Gasteiger charge is 2.24. The largest absolute Gasteiger partial charge is 0.496 e. The van der Waals surface area contributed by atoms with Crippen molar-refractivity contribution in [2.24, 2.45) is 0 Å². The third kappa shape index (κ3) is 4.51. The van der Waals surface area contributed by atoms with E-state index in [1.54, 1.807) is 14.2 Å². The van der Waals surface area contributed by atoms with Gasteiger partial charge in [0.2, 0.25) is 5.91 Å². The van der Waals surface area contributed by atoms with Gasteiger partial charge in [-0.25, -0.2) is 0 Å². The molecule has 4 nitrogen and oxygen atoms in total. The molecule has 1 rings (SSSR count). The third-order valence-corrected chi connectivity index (χ3v) is 3.61. The zero-order chi connectivity index (χ0) is 14.5. The van der Waals surface area contributed by atoms with Gasteiger partial charge in [0, 0.05) is 11.0 Å². The van der Waals surface area contributed by atoms with E-state index in [0.717, 1.165) is 22.2 Å². The van der Waals surface area contributed by atoms with Crippen LogP contribution in [0, 0.1) is 0 Å². The Morgan fingerprint density at radius 1 is 1.42 bits per heavy atom. The molecule has 0 aromatic heterocycles. The molecule has 0 aliphatic rings. The second kappa shape index (κ2) is 6.91. The molecule has 0 saturated carbocycles. The summed E-state index contributed by atoms with van der Waals surface area (Å²) in [6, 6.07) is 5.86. The van der Waals surface area contributed by atoms with Crippen LogP contribution in [-0.2, 0) is 11.2 Å². The smallest absolute Gasteiger partial charge is 0.239 e. The van der Waals surface area contributed by atoms with Gasteiger partial charge in [0.25, 0.3) is 0 Å². The summed E-state index contributed by atoms with van der Waals surface area (Å²) in [7, 11) is 3.42. The van der Waals surface area contributed by atoms with Crippen LogP contribution in [0.25, 0.3) is 0 Å². The number of methoxy groups -OCH3 is 1. The minimum absolute atomic E-state index is 0.0102. The number of rotatable bonds is 6. The summed E-state index contributed by atoms with van der Waals surface area (Å²) in [5.41, 5.74) is 0.515. The maximum atomic E-state index is 11.9. The van der Waals surface area contributed by atoms with Gasteiger partial charge in [-0.05, 0) is 51.1 Å². The van der Waals surface area contributed by atoms with Gasteiger partial charge in [0.05, 0.1) is 12.6 Å². The van der Waals surface area contributed by atoms with Gasteiger partial charge in [-0.2, -0.15) is 0 Å². The summed E-state index contributed by atoms with van der Waals surface area (Å²) >= 11 is 3.44. The summed E-state index contributed by atoms with van der Waals surface area (Å²) in [5.74, 6) is 0.828. The number of halogens is 1. The van der Waals surface area contributed by atoms with E-state index < -0.39 is 5.54 Å². The van der Waals surface area contributed by atoms with E-state index in [1.165, 1.54) is 0 Å². The molecule has 106 valence electrons. The molecule has 0 bridgehead atoms. The Hall–Kier alpha value is -1.07. The second-order valence-electron chi connectivity index (χ2n) is 4.84. The zero-order valence-corrected chi connectivity index (χ0v) is 13.4. The maximum Gasteiger partial charge on any atom is 0.239 e. The number of likely N-dealkylation sites (N-methyl/N-ethyl adjacent to an activating group) is 1. The van der Waals surface area contributed by atoms with Gasteiger partial charge in [-0.3, -0.25) is 4.79 Å². The summed E-state index contributed by atoms with van der Waals surface area (Å²) in [5, 5.41) is 5.90. The maximum absolute atomic E-state index is 11.9. The molecule has 2 N–H and O–H groups in total. The van der Waals surface area contributed by atoms with Gasteiger partial charge in [-0.1, -0.05) is 15.9 Å². The molecule has 1 aromatic carbocycles. The molecule has 0 aliphatic carbocycles. The number of ether oxygens (including phenoxy) is 1. The first-order chi connectivity index (χ1) is 8.90. The molecule has 0 spiro atoms. The van der Waals surface area contributed by atoms with E-state index in [1.807, 2.05) is 32.0 Å². The average molecular weight is 329 g/mol. The predicted octanol–water partition coefficient (Wildman–Crippen LogP) is 2.11. The molecule has 0 aliphatic heterocycles. The SMILES string of the molecule is CNC(C)(C)C(=O)NCCc1cc(Br)ccc1OC. The van der Waals surface area contributed by atoms with Crippen molar-refractivity contribution in [3.05, 3.63) is 28.2 Å². The number of carbonyl (C=O) groups is 1. The van der Waals surface area contributed by atoms with Crippen LogP contribution in [0.3, 0.4) is 0 Å². The molecule has 0 heterocycles. The van der Waals surface area contributed by atoms with Gasteiger partial charge in [0.15, 0.2) is 0 Å². The van der Waals surface area contributed by atoms with E-state index in [2.05, 4.69) is 26.6 Å². The average Bonchev–Trinajstić information content (AvgIpc) is 2.38. The second-order valence-corrected chi connectivity index (χ2v) is 5.75. The lowest BCUT2D eigenvalue weighted by Gasteiger charge is -2.22. The molecule has 1 aromatic rings. The fourth-order valence-corrected chi connectivity index (χ4v) is 2.00. The van der Waals surface area contributed by atoms with Gasteiger partial charge >= 0.3 is 0 Å². The van der Waals surface area contributed by atoms with Crippen LogP contribution < -0.4 is 15.4 Å². The highest BCUT2D eigenvalue weighted by molar-refractivity contribution is 9.10. The lowest BCUT2D eigenvalue weighted by atomic mass is 10.0. The molecule has 0 fully saturated rings. The summed E-state index contributed by atoms with van der Waals surface area (Å²) in [6.07, 6.45) is 0.730. The number of hydrogen-bond acceptors (Lipinski definition) is 3. The first kappa shape index (κ1) is 16.0. The number of nitrogens with one attached hydrogen (secondary N) is 2. The summed E-state index contributed by atoms with van der Waals surface area (Å²) in [6.45, 7) is 4.28. The third-order valence-electron chi connectivity index (χ3n) is 3.11. The van der Waals surface area contributed by atoms with Crippen LogP contribution in [0.1, 0.15) is 19.4 Å². The first-order valence-corrected chi connectivity index (χ1v) is 6.99. The number of hydrogen-bond donors (Lipinski definition) is 2. The van der Waals surface area contributed by atoms with Crippen LogP contribution in [0.15, 0.2) is 22.7 Å². The van der Waals surface area contributed by atoms with E-state index in [4.69, 9.17) is 4.74 Å². The van der Waals surface area contributed by atoms with Crippen LogP contribution in [0.4, 0.5) is 0 Å². The predicted molar refractivity (Wildman–Crippen MR) is 80.5 cm³/mol. The molecular formula is C14H21BrN2O2. The fourth-order valence-electron chi connectivity index (χ4n) is 1.59. The molecule has 0 atom stereocenters. The summed E-state index contributed by atoms with van der Waals surface area (Å²) < 4.78 is 6.31. The van der Waals surface area contributed by atoms with Gasteiger partial charge in [-0.15, -0.1) is 0 Å². The Morgan fingerprint density at radius 3 is 2.68 bits per heavy atom. The van der Waals surface area contributed by atoms with Crippen molar-refractivity contribution in [3.8, 4) is 5.75 Å². The van der Waals surface area contributed by atoms with Gasteiger partial charge < -0.3 is 15.4 Å². The number of benzene rings is 1. The minimum Gasteiger partial charge on any atom is -0.496 e. The van der Waals surface area contributed by atoms with Crippen LogP contribution >= 0.6 is 15.9 Å². The topological polar surface area (TPSA) is 50.4 Å². The van der Waals surface area contributed by atoms with Crippen molar-refractivity contribution < 1.29 is 9.53 Å². The normalized spacial score (nSPS) is 11.2. The van der Waals surface area contributed by atoms with Crippen LogP contribution in [-0.4, -0.2) is 32.1 Å². The highest BCUT2D eigenvalue weighted by Crippen LogP contribution is 2.23. The van der Waals surface area contributed by atoms with Crippen molar-refractivity contribution in [3.63, 3.8) is 0 Å². The Bertz CT molecular complexity index is 447. The van der Waals surface area contributed by atoms with Crippen molar-refractivity contribution in [1.82, 2.24) is 10.6 Å². The molecule has 0 saturated heterocycles. The monoisotopic (exact) mass is 328 g/mol. The molecular weight excluding hydrogens is 308 g/mol. The molecule has 0 unspecified atom stereocenters. The van der Waals surface area contributed by atoms with Crippen molar-refractivity contribution >= 4 is 21.8 Å². The molecule has 5 heteroatoms. The first-order valence-electron chi connectivity index (χ1n) is 6.20. The minimum atomic E-state index is -0.554. The number of amides is 1. The summed E-state index contributed by atoms with van der Waals surface area (Å²) in [4.78, 5) is 11.9. The standard InChI is InChI=1S/C14H21BrN2O2/c1-14(2,16-3)13(18)17-8-7-10-9-11(15)5-6-12(10)19-4/h5-6,9,16H,7-8H2,1-4H3,(H,17,18). The van der Waals surface area contributed by atoms with Crippen LogP contribution in [0.2, 0.25) is 0 Å². The van der Waals surface area contributed by atoms with Crippen LogP contribution in [0.5, 0.6) is 5.75 Å². The Morgan fingerprint density at radius 2 is 2.11 bits per heavy atom. The highest BCUT2D eigenvalue weighted by atomic mass is 79.9. The Balaban J connectivity index is 2.58. The fraction of sp³-hybridized carbons (Fsp3) is 0.500.